The van der Waals surface area contributed by atoms with E-state index >= 15 is 0 Å². The minimum absolute atomic E-state index is 0.0585. The standard InChI is InChI=1S/C36H31FN4O4S2/c1-22-7-6-8-23(19-22)20-45-28-17-13-25(14-18-28)32(42)30-31(24-11-15-27(16-12-24)40(2)3)41(34(44)33(30)43)35-38-39-36(47-35)46-21-26-9-4-5-10-29(26)37/h4-19,31,42H,20-21H2,1-3H3. The quantitative estimate of drug-likeness (QED) is 0.0537. The van der Waals surface area contributed by atoms with E-state index in [1.807, 2.05) is 74.4 Å². The molecule has 8 nitrogen and oxygen atoms in total. The topological polar surface area (TPSA) is 95.9 Å². The summed E-state index contributed by atoms with van der Waals surface area (Å²) in [5.41, 5.74) is 4.53. The molecule has 1 amide bonds. The number of ether oxygens (including phenoxy) is 1. The predicted molar refractivity (Wildman–Crippen MR) is 183 cm³/mol. The Balaban J connectivity index is 1.31. The van der Waals surface area contributed by atoms with Crippen molar-refractivity contribution >= 4 is 51.4 Å². The van der Waals surface area contributed by atoms with Crippen LogP contribution in [0.5, 0.6) is 5.75 Å². The highest BCUT2D eigenvalue weighted by Gasteiger charge is 2.48. The Kier molecular flexibility index (Phi) is 9.37. The number of Topliss-reactive ketones (excluding diaryl/α,β-unsaturated/α-hetero) is 1. The molecule has 1 aliphatic heterocycles. The molecule has 0 spiro atoms. The second kappa shape index (κ2) is 13.8. The van der Waals surface area contributed by atoms with E-state index in [-0.39, 0.29) is 22.3 Å². The molecule has 0 saturated carbocycles. The van der Waals surface area contributed by atoms with Crippen LogP contribution in [0.1, 0.15) is 33.9 Å². The number of rotatable bonds is 10. The fourth-order valence-electron chi connectivity index (χ4n) is 5.25. The maximum Gasteiger partial charge on any atom is 0.301 e. The first-order valence-electron chi connectivity index (χ1n) is 14.8. The fraction of sp³-hybridized carbons (Fsp3) is 0.167. The van der Waals surface area contributed by atoms with Gasteiger partial charge in [-0.15, -0.1) is 10.2 Å². The molecule has 0 radical (unpaired) electrons. The minimum Gasteiger partial charge on any atom is -0.507 e. The lowest BCUT2D eigenvalue weighted by molar-refractivity contribution is -0.132. The summed E-state index contributed by atoms with van der Waals surface area (Å²) in [7, 11) is 3.83. The number of anilines is 2. The molecule has 47 heavy (non-hydrogen) atoms. The van der Waals surface area contributed by atoms with Crippen molar-refractivity contribution < 1.29 is 23.8 Å². The first-order chi connectivity index (χ1) is 22.7. The number of hydrogen-bond acceptors (Lipinski definition) is 9. The molecule has 5 aromatic rings. The van der Waals surface area contributed by atoms with Gasteiger partial charge in [0.25, 0.3) is 5.78 Å². The zero-order valence-electron chi connectivity index (χ0n) is 25.9. The van der Waals surface area contributed by atoms with Crippen LogP contribution in [0, 0.1) is 12.7 Å². The molecule has 0 aliphatic carbocycles. The molecule has 2 heterocycles. The van der Waals surface area contributed by atoms with Crippen LogP contribution >= 0.6 is 23.1 Å². The van der Waals surface area contributed by atoms with Crippen LogP contribution in [0.2, 0.25) is 0 Å². The van der Waals surface area contributed by atoms with E-state index in [1.165, 1.54) is 22.7 Å². The zero-order chi connectivity index (χ0) is 33.1. The van der Waals surface area contributed by atoms with Crippen molar-refractivity contribution in [3.63, 3.8) is 0 Å². The van der Waals surface area contributed by atoms with Crippen molar-refractivity contribution in [2.45, 2.75) is 29.7 Å². The number of carbonyl (C=O) groups excluding carboxylic acids is 2. The maximum atomic E-state index is 14.2. The first-order valence-corrected chi connectivity index (χ1v) is 16.6. The Morgan fingerprint density at radius 3 is 2.43 bits per heavy atom. The summed E-state index contributed by atoms with van der Waals surface area (Å²) >= 11 is 2.41. The molecule has 1 aliphatic rings. The van der Waals surface area contributed by atoms with Gasteiger partial charge in [0, 0.05) is 31.1 Å². The van der Waals surface area contributed by atoms with Gasteiger partial charge in [-0.05, 0) is 66.1 Å². The fourth-order valence-corrected chi connectivity index (χ4v) is 7.10. The van der Waals surface area contributed by atoms with Crippen LogP contribution < -0.4 is 14.5 Å². The Morgan fingerprint density at radius 1 is 0.979 bits per heavy atom. The van der Waals surface area contributed by atoms with Gasteiger partial charge in [0.1, 0.15) is 23.9 Å². The van der Waals surface area contributed by atoms with Crippen LogP contribution in [0.4, 0.5) is 15.2 Å². The van der Waals surface area contributed by atoms with Crippen molar-refractivity contribution in [2.24, 2.45) is 0 Å². The molecule has 1 atom stereocenters. The summed E-state index contributed by atoms with van der Waals surface area (Å²) in [6, 6.07) is 27.7. The van der Waals surface area contributed by atoms with Crippen molar-refractivity contribution in [3.05, 3.63) is 136 Å². The molecule has 4 aromatic carbocycles. The largest absolute Gasteiger partial charge is 0.507 e. The number of ketones is 1. The summed E-state index contributed by atoms with van der Waals surface area (Å²) in [5.74, 6) is -1.37. The zero-order valence-corrected chi connectivity index (χ0v) is 27.5. The second-order valence-electron chi connectivity index (χ2n) is 11.2. The third-order valence-electron chi connectivity index (χ3n) is 7.70. The van der Waals surface area contributed by atoms with Crippen molar-refractivity contribution in [3.8, 4) is 5.75 Å². The Bertz CT molecular complexity index is 1960. The van der Waals surface area contributed by atoms with Crippen LogP contribution in [-0.2, 0) is 21.9 Å². The third kappa shape index (κ3) is 6.91. The SMILES string of the molecule is Cc1cccc(COc2ccc(C(O)=C3C(=O)C(=O)N(c4nnc(SCc5ccccc5F)s4)C3c3ccc(N(C)C)cc3)cc2)c1. The van der Waals surface area contributed by atoms with E-state index in [4.69, 9.17) is 4.74 Å². The number of amides is 1. The number of aliphatic hydroxyl groups excluding tert-OH is 1. The lowest BCUT2D eigenvalue weighted by atomic mass is 9.95. The van der Waals surface area contributed by atoms with Gasteiger partial charge in [-0.25, -0.2) is 4.39 Å². The van der Waals surface area contributed by atoms with Gasteiger partial charge in [0.05, 0.1) is 11.6 Å². The number of aryl methyl sites for hydroxylation is 1. The van der Waals surface area contributed by atoms with Gasteiger partial charge in [-0.1, -0.05) is 83.3 Å². The number of halogens is 1. The predicted octanol–water partition coefficient (Wildman–Crippen LogP) is 7.55. The summed E-state index contributed by atoms with van der Waals surface area (Å²) < 4.78 is 20.6. The summed E-state index contributed by atoms with van der Waals surface area (Å²) in [5, 5.41) is 20.2. The molecule has 1 saturated heterocycles. The van der Waals surface area contributed by atoms with Crippen LogP contribution in [-0.4, -0.2) is 41.1 Å². The molecular weight excluding hydrogens is 636 g/mol. The summed E-state index contributed by atoms with van der Waals surface area (Å²) in [6.07, 6.45) is 0. The van der Waals surface area contributed by atoms with Crippen LogP contribution in [0.25, 0.3) is 5.76 Å². The van der Waals surface area contributed by atoms with Crippen LogP contribution in [0.15, 0.2) is 107 Å². The smallest absolute Gasteiger partial charge is 0.301 e. The van der Waals surface area contributed by atoms with Crippen molar-refractivity contribution in [2.75, 3.05) is 23.9 Å². The number of aliphatic hydroxyl groups is 1. The van der Waals surface area contributed by atoms with E-state index in [2.05, 4.69) is 10.2 Å². The third-order valence-corrected chi connectivity index (χ3v) is 9.80. The van der Waals surface area contributed by atoms with E-state index < -0.39 is 17.7 Å². The molecule has 238 valence electrons. The molecule has 1 fully saturated rings. The highest BCUT2D eigenvalue weighted by Crippen LogP contribution is 2.44. The highest BCUT2D eigenvalue weighted by atomic mass is 32.2. The molecule has 1 N–H and O–H groups in total. The van der Waals surface area contributed by atoms with E-state index in [9.17, 15) is 19.1 Å². The monoisotopic (exact) mass is 666 g/mol. The Labute approximate surface area is 280 Å². The highest BCUT2D eigenvalue weighted by molar-refractivity contribution is 8.00. The van der Waals surface area contributed by atoms with Crippen molar-refractivity contribution in [1.82, 2.24) is 10.2 Å². The van der Waals surface area contributed by atoms with Crippen molar-refractivity contribution in [1.29, 1.82) is 0 Å². The van der Waals surface area contributed by atoms with Gasteiger partial charge in [0.15, 0.2) is 4.34 Å². The maximum absolute atomic E-state index is 14.2. The Hall–Kier alpha value is -5.00. The lowest BCUT2D eigenvalue weighted by Crippen LogP contribution is -2.29. The van der Waals surface area contributed by atoms with E-state index in [1.54, 1.807) is 42.5 Å². The van der Waals surface area contributed by atoms with Gasteiger partial charge in [-0.2, -0.15) is 0 Å². The van der Waals surface area contributed by atoms with E-state index in [0.29, 0.717) is 39.1 Å². The summed E-state index contributed by atoms with van der Waals surface area (Å²) in [6.45, 7) is 2.40. The second-order valence-corrected chi connectivity index (χ2v) is 13.4. The number of hydrogen-bond donors (Lipinski definition) is 1. The Morgan fingerprint density at radius 2 is 1.72 bits per heavy atom. The molecule has 1 aromatic heterocycles. The normalized spacial score (nSPS) is 15.7. The number of nitrogens with zero attached hydrogens (tertiary/aromatic N) is 4. The molecule has 11 heteroatoms. The number of thioether (sulfide) groups is 1. The average molecular weight is 667 g/mol. The average Bonchev–Trinajstić information content (AvgIpc) is 3.65. The summed E-state index contributed by atoms with van der Waals surface area (Å²) in [4.78, 5) is 30.5. The minimum atomic E-state index is -0.958. The number of carbonyl (C=O) groups is 2. The van der Waals surface area contributed by atoms with Gasteiger partial charge in [-0.3, -0.25) is 14.5 Å². The number of benzene rings is 4. The van der Waals surface area contributed by atoms with E-state index in [0.717, 1.165) is 28.2 Å². The van der Waals surface area contributed by atoms with Crippen LogP contribution in [0.3, 0.4) is 0 Å². The molecule has 1 unspecified atom stereocenters. The lowest BCUT2D eigenvalue weighted by Gasteiger charge is -2.23. The number of aromatic nitrogens is 2. The first kappa shape index (κ1) is 32.0. The van der Waals surface area contributed by atoms with Gasteiger partial charge >= 0.3 is 5.91 Å². The van der Waals surface area contributed by atoms with Gasteiger partial charge in [0.2, 0.25) is 5.13 Å². The molecular formula is C36H31FN4O4S2. The molecule has 6 rings (SSSR count). The molecule has 0 bridgehead atoms. The van der Waals surface area contributed by atoms with Gasteiger partial charge < -0.3 is 14.7 Å².